The number of halogens is 1. The van der Waals surface area contributed by atoms with Crippen molar-refractivity contribution in [1.82, 2.24) is 10.3 Å². The van der Waals surface area contributed by atoms with Gasteiger partial charge in [-0.1, -0.05) is 19.1 Å². The Bertz CT molecular complexity index is 948. The minimum absolute atomic E-state index is 0.145. The SMILES string of the molecule is COc1ccnc(C(=O)N[C@@H](C)C(=O)O[C@H](C)[C@H](C)c2ccc(F)cc2)c1OC(C)=O. The van der Waals surface area contributed by atoms with Gasteiger partial charge >= 0.3 is 11.9 Å². The Kier molecular flexibility index (Phi) is 8.07. The molecule has 0 unspecified atom stereocenters. The van der Waals surface area contributed by atoms with Crippen LogP contribution in [0.3, 0.4) is 0 Å². The highest BCUT2D eigenvalue weighted by molar-refractivity contribution is 5.98. The standard InChI is InChI=1S/C22H25FN2O6/c1-12(16-6-8-17(23)9-7-16)14(3)30-22(28)13(2)25-21(27)19-20(31-15(4)26)18(29-5)10-11-24-19/h6-14H,1-5H3,(H,25,27)/t12-,13-,14+/m0/s1. The normalized spacial score (nSPS) is 13.5. The summed E-state index contributed by atoms with van der Waals surface area (Å²) in [5, 5.41) is 2.48. The Morgan fingerprint density at radius 3 is 2.29 bits per heavy atom. The first-order valence-corrected chi connectivity index (χ1v) is 9.62. The van der Waals surface area contributed by atoms with Gasteiger partial charge in [-0.15, -0.1) is 0 Å². The fourth-order valence-corrected chi connectivity index (χ4v) is 2.74. The molecule has 2 aromatic rings. The van der Waals surface area contributed by atoms with E-state index in [1.807, 2.05) is 6.92 Å². The fourth-order valence-electron chi connectivity index (χ4n) is 2.74. The quantitative estimate of drug-likeness (QED) is 0.640. The lowest BCUT2D eigenvalue weighted by atomic mass is 9.96. The predicted octanol–water partition coefficient (Wildman–Crippen LogP) is 3.01. The molecule has 1 aromatic carbocycles. The minimum atomic E-state index is -1.01. The molecule has 0 fully saturated rings. The molecule has 31 heavy (non-hydrogen) atoms. The van der Waals surface area contributed by atoms with Gasteiger partial charge in [0.25, 0.3) is 5.91 Å². The van der Waals surface area contributed by atoms with Crippen LogP contribution in [0.15, 0.2) is 36.5 Å². The minimum Gasteiger partial charge on any atom is -0.493 e. The molecule has 9 heteroatoms. The van der Waals surface area contributed by atoms with Gasteiger partial charge in [0, 0.05) is 25.1 Å². The van der Waals surface area contributed by atoms with E-state index in [0.29, 0.717) is 0 Å². The molecule has 8 nitrogen and oxygen atoms in total. The van der Waals surface area contributed by atoms with Crippen LogP contribution in [0.25, 0.3) is 0 Å². The molecule has 1 N–H and O–H groups in total. The van der Waals surface area contributed by atoms with E-state index in [2.05, 4.69) is 10.3 Å². The van der Waals surface area contributed by atoms with E-state index < -0.39 is 30.0 Å². The summed E-state index contributed by atoms with van der Waals surface area (Å²) in [5.41, 5.74) is 0.604. The molecule has 0 aliphatic heterocycles. The molecule has 2 rings (SSSR count). The van der Waals surface area contributed by atoms with Crippen LogP contribution in [-0.4, -0.2) is 42.1 Å². The number of carbonyl (C=O) groups is 3. The van der Waals surface area contributed by atoms with Gasteiger partial charge in [-0.25, -0.2) is 14.2 Å². The summed E-state index contributed by atoms with van der Waals surface area (Å²) in [7, 11) is 1.35. The maximum atomic E-state index is 13.1. The molecule has 1 heterocycles. The van der Waals surface area contributed by atoms with Crippen molar-refractivity contribution >= 4 is 17.8 Å². The summed E-state index contributed by atoms with van der Waals surface area (Å²) in [6, 6.07) is 6.36. The van der Waals surface area contributed by atoms with Crippen molar-refractivity contribution < 1.29 is 33.0 Å². The maximum absolute atomic E-state index is 13.1. The summed E-state index contributed by atoms with van der Waals surface area (Å²) in [6.45, 7) is 6.20. The lowest BCUT2D eigenvalue weighted by Crippen LogP contribution is -2.41. The van der Waals surface area contributed by atoms with Crippen LogP contribution < -0.4 is 14.8 Å². The van der Waals surface area contributed by atoms with Gasteiger partial charge in [0.1, 0.15) is 18.0 Å². The van der Waals surface area contributed by atoms with Crippen molar-refractivity contribution in [3.05, 3.63) is 53.6 Å². The first kappa shape index (κ1) is 23.8. The fraction of sp³-hybridized carbons (Fsp3) is 0.364. The molecule has 1 amide bonds. The summed E-state index contributed by atoms with van der Waals surface area (Å²) in [6.07, 6.45) is 0.791. The number of benzene rings is 1. The van der Waals surface area contributed by atoms with E-state index >= 15 is 0 Å². The third-order valence-corrected chi connectivity index (χ3v) is 4.65. The number of methoxy groups -OCH3 is 1. The van der Waals surface area contributed by atoms with Crippen molar-refractivity contribution in [2.75, 3.05) is 7.11 Å². The van der Waals surface area contributed by atoms with Crippen LogP contribution in [0.5, 0.6) is 11.5 Å². The van der Waals surface area contributed by atoms with Crippen molar-refractivity contribution in [1.29, 1.82) is 0 Å². The number of nitrogens with zero attached hydrogens (tertiary/aromatic N) is 1. The number of rotatable bonds is 8. The molecular weight excluding hydrogens is 407 g/mol. The zero-order valence-corrected chi connectivity index (χ0v) is 18.0. The van der Waals surface area contributed by atoms with Crippen molar-refractivity contribution in [2.45, 2.75) is 45.8 Å². The summed E-state index contributed by atoms with van der Waals surface area (Å²) < 4.78 is 28.7. The second-order valence-corrected chi connectivity index (χ2v) is 6.96. The van der Waals surface area contributed by atoms with Gasteiger partial charge in [-0.3, -0.25) is 9.59 Å². The average molecular weight is 432 g/mol. The Morgan fingerprint density at radius 1 is 1.06 bits per heavy atom. The molecule has 3 atom stereocenters. The number of hydrogen-bond acceptors (Lipinski definition) is 7. The van der Waals surface area contributed by atoms with Gasteiger partial charge in [-0.05, 0) is 31.5 Å². The van der Waals surface area contributed by atoms with Crippen molar-refractivity contribution in [3.8, 4) is 11.5 Å². The van der Waals surface area contributed by atoms with Gasteiger partial charge in [0.2, 0.25) is 5.75 Å². The maximum Gasteiger partial charge on any atom is 0.328 e. The topological polar surface area (TPSA) is 104 Å². The van der Waals surface area contributed by atoms with E-state index in [1.54, 1.807) is 19.1 Å². The highest BCUT2D eigenvalue weighted by Crippen LogP contribution is 2.29. The molecule has 0 saturated carbocycles. The molecular formula is C22H25FN2O6. The first-order valence-electron chi connectivity index (χ1n) is 9.62. The molecule has 0 radical (unpaired) electrons. The number of aromatic nitrogens is 1. The molecule has 166 valence electrons. The Morgan fingerprint density at radius 2 is 1.71 bits per heavy atom. The lowest BCUT2D eigenvalue weighted by molar-refractivity contribution is -0.151. The molecule has 0 aliphatic carbocycles. The summed E-state index contributed by atoms with van der Waals surface area (Å²) in [4.78, 5) is 40.4. The van der Waals surface area contributed by atoms with E-state index in [-0.39, 0.29) is 28.9 Å². The van der Waals surface area contributed by atoms with Gasteiger partial charge in [0.15, 0.2) is 11.4 Å². The third-order valence-electron chi connectivity index (χ3n) is 4.65. The van der Waals surface area contributed by atoms with Crippen molar-refractivity contribution in [3.63, 3.8) is 0 Å². The van der Waals surface area contributed by atoms with Crippen molar-refractivity contribution in [2.24, 2.45) is 0 Å². The Balaban J connectivity index is 2.06. The zero-order valence-electron chi connectivity index (χ0n) is 18.0. The number of carbonyl (C=O) groups excluding carboxylic acids is 3. The third kappa shape index (κ3) is 6.24. The highest BCUT2D eigenvalue weighted by atomic mass is 19.1. The number of esters is 2. The number of amides is 1. The second kappa shape index (κ2) is 10.5. The van der Waals surface area contributed by atoms with Crippen LogP contribution in [0.1, 0.15) is 49.7 Å². The smallest absolute Gasteiger partial charge is 0.328 e. The van der Waals surface area contributed by atoms with Gasteiger partial charge in [-0.2, -0.15) is 0 Å². The molecule has 0 bridgehead atoms. The van der Waals surface area contributed by atoms with Crippen LogP contribution >= 0.6 is 0 Å². The van der Waals surface area contributed by atoms with E-state index in [1.165, 1.54) is 45.4 Å². The van der Waals surface area contributed by atoms with Crippen LogP contribution in [0, 0.1) is 5.82 Å². The van der Waals surface area contributed by atoms with E-state index in [0.717, 1.165) is 5.56 Å². The Hall–Kier alpha value is -3.49. The number of hydrogen-bond donors (Lipinski definition) is 1. The monoisotopic (exact) mass is 432 g/mol. The average Bonchev–Trinajstić information content (AvgIpc) is 2.73. The lowest BCUT2D eigenvalue weighted by Gasteiger charge is -2.23. The van der Waals surface area contributed by atoms with Gasteiger partial charge in [0.05, 0.1) is 7.11 Å². The van der Waals surface area contributed by atoms with Crippen LogP contribution in [0.4, 0.5) is 4.39 Å². The van der Waals surface area contributed by atoms with E-state index in [9.17, 15) is 18.8 Å². The number of ether oxygens (including phenoxy) is 3. The number of nitrogens with one attached hydrogen (secondary N) is 1. The largest absolute Gasteiger partial charge is 0.493 e. The summed E-state index contributed by atoms with van der Waals surface area (Å²) in [5.74, 6) is -2.59. The number of pyridine rings is 1. The second-order valence-electron chi connectivity index (χ2n) is 6.96. The Labute approximate surface area is 179 Å². The van der Waals surface area contributed by atoms with Crippen LogP contribution in [-0.2, 0) is 14.3 Å². The van der Waals surface area contributed by atoms with Crippen LogP contribution in [0.2, 0.25) is 0 Å². The highest BCUT2D eigenvalue weighted by Gasteiger charge is 2.26. The van der Waals surface area contributed by atoms with E-state index in [4.69, 9.17) is 14.2 Å². The molecule has 0 aliphatic rings. The molecule has 0 spiro atoms. The molecule has 0 saturated heterocycles. The summed E-state index contributed by atoms with van der Waals surface area (Å²) >= 11 is 0. The first-order chi connectivity index (χ1) is 14.6. The zero-order chi connectivity index (χ0) is 23.1. The molecule has 1 aromatic heterocycles. The van der Waals surface area contributed by atoms with Gasteiger partial charge < -0.3 is 19.5 Å². The predicted molar refractivity (Wildman–Crippen MR) is 109 cm³/mol.